The lowest BCUT2D eigenvalue weighted by Gasteiger charge is -2.35. The zero-order valence-electron chi connectivity index (χ0n) is 21.4. The molecule has 36 heavy (non-hydrogen) atoms. The maximum absolute atomic E-state index is 13.1. The van der Waals surface area contributed by atoms with Gasteiger partial charge in [0, 0.05) is 29.1 Å². The Bertz CT molecular complexity index is 1220. The van der Waals surface area contributed by atoms with Crippen molar-refractivity contribution in [2.75, 3.05) is 13.2 Å². The molecule has 1 fully saturated rings. The van der Waals surface area contributed by atoms with E-state index in [0.717, 1.165) is 55.2 Å². The highest BCUT2D eigenvalue weighted by Crippen LogP contribution is 2.34. The second kappa shape index (κ2) is 12.1. The summed E-state index contributed by atoms with van der Waals surface area (Å²) in [7, 11) is 0. The van der Waals surface area contributed by atoms with Crippen molar-refractivity contribution in [2.24, 2.45) is 0 Å². The fourth-order valence-corrected chi connectivity index (χ4v) is 5.14. The molecular formula is C26H36N6O4. The summed E-state index contributed by atoms with van der Waals surface area (Å²) in [4.78, 5) is 30.7. The molecule has 2 heterocycles. The van der Waals surface area contributed by atoms with Crippen molar-refractivity contribution in [1.29, 1.82) is 0 Å². The molecular weight excluding hydrogens is 460 g/mol. The van der Waals surface area contributed by atoms with Gasteiger partial charge >= 0.3 is 5.97 Å². The monoisotopic (exact) mass is 496 g/mol. The summed E-state index contributed by atoms with van der Waals surface area (Å²) in [5.41, 5.74) is 1.37. The van der Waals surface area contributed by atoms with Crippen LogP contribution in [-0.4, -0.2) is 55.3 Å². The molecule has 0 radical (unpaired) electrons. The molecule has 1 aliphatic carbocycles. The van der Waals surface area contributed by atoms with E-state index < -0.39 is 0 Å². The van der Waals surface area contributed by atoms with Gasteiger partial charge in [-0.2, -0.15) is 0 Å². The minimum Gasteiger partial charge on any atom is -0.494 e. The number of carbonyl (C=O) groups excluding carboxylic acids is 1. The standard InChI is InChI=1S/C26H36N6O4/c1-4-9-23(25-28-29-30-32(25)17-24(33)36-6-3)31(20-10-7-8-11-20)16-19-14-18-15-21(35-5-2)12-13-22(18)27-26(19)34/h12-15,20,23H,4-11,16-17H2,1-3H3,(H,27,34). The molecule has 0 spiro atoms. The zero-order chi connectivity index (χ0) is 25.5. The summed E-state index contributed by atoms with van der Waals surface area (Å²) in [6.45, 7) is 7.16. The Morgan fingerprint density at radius 3 is 2.72 bits per heavy atom. The van der Waals surface area contributed by atoms with Crippen LogP contribution in [0.15, 0.2) is 29.1 Å². The molecule has 0 aliphatic heterocycles. The summed E-state index contributed by atoms with van der Waals surface area (Å²) in [6.07, 6.45) is 6.13. The lowest BCUT2D eigenvalue weighted by atomic mass is 10.0. The summed E-state index contributed by atoms with van der Waals surface area (Å²) in [5, 5.41) is 13.2. The molecule has 194 valence electrons. The molecule has 0 saturated heterocycles. The van der Waals surface area contributed by atoms with Crippen LogP contribution in [0.2, 0.25) is 0 Å². The molecule has 1 unspecified atom stereocenters. The van der Waals surface area contributed by atoms with E-state index in [1.54, 1.807) is 11.6 Å². The molecule has 4 rings (SSSR count). The first-order valence-corrected chi connectivity index (χ1v) is 13.0. The van der Waals surface area contributed by atoms with Crippen LogP contribution >= 0.6 is 0 Å². The number of hydrogen-bond acceptors (Lipinski definition) is 8. The second-order valence-electron chi connectivity index (χ2n) is 9.22. The van der Waals surface area contributed by atoms with Gasteiger partial charge in [-0.05, 0) is 67.8 Å². The van der Waals surface area contributed by atoms with Gasteiger partial charge in [0.1, 0.15) is 12.3 Å². The largest absolute Gasteiger partial charge is 0.494 e. The highest BCUT2D eigenvalue weighted by Gasteiger charge is 2.33. The first-order valence-electron chi connectivity index (χ1n) is 13.0. The van der Waals surface area contributed by atoms with Gasteiger partial charge in [0.15, 0.2) is 5.82 Å². The number of pyridine rings is 1. The Labute approximate surface area is 211 Å². The number of fused-ring (bicyclic) bond motifs is 1. The third-order valence-corrected chi connectivity index (χ3v) is 6.75. The number of aromatic nitrogens is 5. The Morgan fingerprint density at radius 1 is 1.19 bits per heavy atom. The summed E-state index contributed by atoms with van der Waals surface area (Å²) in [6, 6.07) is 7.84. The molecule has 0 amide bonds. The van der Waals surface area contributed by atoms with Gasteiger partial charge in [-0.15, -0.1) is 5.10 Å². The minimum absolute atomic E-state index is 0.0361. The third kappa shape index (κ3) is 5.92. The number of H-pyrrole nitrogens is 1. The van der Waals surface area contributed by atoms with E-state index in [0.29, 0.717) is 37.2 Å². The smallest absolute Gasteiger partial charge is 0.327 e. The van der Waals surface area contributed by atoms with E-state index in [1.807, 2.05) is 31.2 Å². The zero-order valence-corrected chi connectivity index (χ0v) is 21.4. The van der Waals surface area contributed by atoms with Crippen LogP contribution in [0.5, 0.6) is 5.75 Å². The molecule has 10 nitrogen and oxygen atoms in total. The summed E-state index contributed by atoms with van der Waals surface area (Å²) in [5.74, 6) is 1.04. The molecule has 1 aliphatic rings. The SMILES string of the molecule is CCCC(c1nnnn1CC(=O)OCC)N(Cc1cc2cc(OCC)ccc2[nH]c1=O)C1CCCC1. The van der Waals surface area contributed by atoms with Gasteiger partial charge in [-0.3, -0.25) is 14.5 Å². The van der Waals surface area contributed by atoms with Crippen LogP contribution < -0.4 is 10.3 Å². The number of esters is 1. The topological polar surface area (TPSA) is 115 Å². The van der Waals surface area contributed by atoms with Crippen molar-refractivity contribution >= 4 is 16.9 Å². The van der Waals surface area contributed by atoms with Crippen LogP contribution in [0.3, 0.4) is 0 Å². The number of benzene rings is 1. The lowest BCUT2D eigenvalue weighted by Crippen LogP contribution is -2.39. The summed E-state index contributed by atoms with van der Waals surface area (Å²) >= 11 is 0. The van der Waals surface area contributed by atoms with Gasteiger partial charge in [0.05, 0.1) is 19.3 Å². The first kappa shape index (κ1) is 25.8. The highest BCUT2D eigenvalue weighted by atomic mass is 16.5. The number of tetrazole rings is 1. The molecule has 3 aromatic rings. The molecule has 1 saturated carbocycles. The quantitative estimate of drug-likeness (QED) is 0.377. The van der Waals surface area contributed by atoms with Gasteiger partial charge in [0.25, 0.3) is 5.56 Å². The van der Waals surface area contributed by atoms with Crippen LogP contribution in [0.4, 0.5) is 0 Å². The Morgan fingerprint density at radius 2 is 2.00 bits per heavy atom. The van der Waals surface area contributed by atoms with Gasteiger partial charge in [-0.25, -0.2) is 4.68 Å². The van der Waals surface area contributed by atoms with Crippen LogP contribution in [0, 0.1) is 0 Å². The minimum atomic E-state index is -0.371. The van der Waals surface area contributed by atoms with Crippen LogP contribution in [0.25, 0.3) is 10.9 Å². The van der Waals surface area contributed by atoms with E-state index >= 15 is 0 Å². The fraction of sp³-hybridized carbons (Fsp3) is 0.577. The Balaban J connectivity index is 1.70. The molecule has 1 N–H and O–H groups in total. The van der Waals surface area contributed by atoms with E-state index in [9.17, 15) is 9.59 Å². The molecule has 0 bridgehead atoms. The lowest BCUT2D eigenvalue weighted by molar-refractivity contribution is -0.144. The van der Waals surface area contributed by atoms with Crippen molar-refractivity contribution < 1.29 is 14.3 Å². The second-order valence-corrected chi connectivity index (χ2v) is 9.22. The van der Waals surface area contributed by atoms with E-state index in [1.165, 1.54) is 0 Å². The first-order chi connectivity index (χ1) is 17.5. The molecule has 2 aromatic heterocycles. The average Bonchev–Trinajstić information content (AvgIpc) is 3.55. The van der Waals surface area contributed by atoms with Crippen molar-refractivity contribution in [2.45, 2.75) is 84.5 Å². The van der Waals surface area contributed by atoms with Crippen molar-refractivity contribution in [3.05, 3.63) is 46.0 Å². The number of hydrogen-bond donors (Lipinski definition) is 1. The highest BCUT2D eigenvalue weighted by molar-refractivity contribution is 5.80. The van der Waals surface area contributed by atoms with E-state index in [-0.39, 0.29) is 24.1 Å². The van der Waals surface area contributed by atoms with Crippen LogP contribution in [0.1, 0.15) is 76.7 Å². The maximum atomic E-state index is 13.1. The molecule has 10 heteroatoms. The number of rotatable bonds is 12. The van der Waals surface area contributed by atoms with Crippen molar-refractivity contribution in [3.8, 4) is 5.75 Å². The number of nitrogens with one attached hydrogen (secondary N) is 1. The van der Waals surface area contributed by atoms with Crippen molar-refractivity contribution in [1.82, 2.24) is 30.1 Å². The van der Waals surface area contributed by atoms with Gasteiger partial charge in [-0.1, -0.05) is 26.2 Å². The number of aromatic amines is 1. The number of carbonyl (C=O) groups is 1. The molecule has 1 atom stereocenters. The predicted octanol–water partition coefficient (Wildman–Crippen LogP) is 3.76. The number of ether oxygens (including phenoxy) is 2. The van der Waals surface area contributed by atoms with E-state index in [2.05, 4.69) is 32.3 Å². The average molecular weight is 497 g/mol. The Hall–Kier alpha value is -3.27. The number of nitrogens with zero attached hydrogens (tertiary/aromatic N) is 5. The van der Waals surface area contributed by atoms with Gasteiger partial charge in [0.2, 0.25) is 0 Å². The maximum Gasteiger partial charge on any atom is 0.327 e. The normalized spacial score (nSPS) is 15.0. The van der Waals surface area contributed by atoms with Gasteiger partial charge < -0.3 is 14.5 Å². The van der Waals surface area contributed by atoms with Crippen molar-refractivity contribution in [3.63, 3.8) is 0 Å². The Kier molecular flexibility index (Phi) is 8.69. The summed E-state index contributed by atoms with van der Waals surface area (Å²) < 4.78 is 12.3. The predicted molar refractivity (Wildman–Crippen MR) is 136 cm³/mol. The fourth-order valence-electron chi connectivity index (χ4n) is 5.14. The van der Waals surface area contributed by atoms with Crippen LogP contribution in [-0.2, 0) is 22.6 Å². The molecule has 1 aromatic carbocycles. The third-order valence-electron chi connectivity index (χ3n) is 6.75. The van der Waals surface area contributed by atoms with E-state index in [4.69, 9.17) is 9.47 Å².